The van der Waals surface area contributed by atoms with Gasteiger partial charge in [-0.3, -0.25) is 0 Å². The second-order valence-corrected chi connectivity index (χ2v) is 5.28. The van der Waals surface area contributed by atoms with Crippen LogP contribution in [-0.4, -0.2) is 21.5 Å². The Labute approximate surface area is 130 Å². The molecular weight excluding hydrogens is 281 g/mol. The number of rotatable bonds is 7. The van der Waals surface area contributed by atoms with E-state index in [2.05, 4.69) is 32.5 Å². The maximum absolute atomic E-state index is 13.2. The zero-order valence-electron chi connectivity index (χ0n) is 13.2. The van der Waals surface area contributed by atoms with Crippen molar-refractivity contribution in [2.24, 2.45) is 0 Å². The quantitative estimate of drug-likeness (QED) is 0.603. The van der Waals surface area contributed by atoms with Gasteiger partial charge in [0.1, 0.15) is 5.82 Å². The maximum Gasteiger partial charge on any atom is 0.225 e. The molecule has 0 bridgehead atoms. The lowest BCUT2D eigenvalue weighted by atomic mass is 10.1. The van der Waals surface area contributed by atoms with E-state index in [1.165, 1.54) is 12.3 Å². The number of halogens is 1. The van der Waals surface area contributed by atoms with E-state index in [0.29, 0.717) is 5.95 Å². The number of nitrogens with zero attached hydrogens (tertiary/aromatic N) is 3. The third kappa shape index (κ3) is 4.65. The summed E-state index contributed by atoms with van der Waals surface area (Å²) >= 11 is 0. The zero-order valence-corrected chi connectivity index (χ0v) is 13.2. The Morgan fingerprint density at radius 1 is 1.27 bits per heavy atom. The maximum atomic E-state index is 13.2. The minimum atomic E-state index is -0.488. The highest BCUT2D eigenvalue weighted by Gasteiger charge is 2.09. The van der Waals surface area contributed by atoms with Crippen molar-refractivity contribution < 1.29 is 4.39 Å². The molecule has 2 N–H and O–H groups in total. The van der Waals surface area contributed by atoms with Crippen molar-refractivity contribution in [3.05, 3.63) is 41.6 Å². The van der Waals surface area contributed by atoms with Gasteiger partial charge < -0.3 is 10.6 Å². The lowest BCUT2D eigenvalue weighted by Crippen LogP contribution is -2.12. The summed E-state index contributed by atoms with van der Waals surface area (Å²) in [5, 5.41) is 6.49. The molecule has 1 atom stereocenters. The van der Waals surface area contributed by atoms with Crippen LogP contribution < -0.4 is 10.6 Å². The highest BCUT2D eigenvalue weighted by molar-refractivity contribution is 5.43. The van der Waals surface area contributed by atoms with Crippen LogP contribution in [0.1, 0.15) is 44.0 Å². The Balaban J connectivity index is 2.08. The first-order chi connectivity index (χ1) is 10.6. The Morgan fingerprint density at radius 3 is 2.82 bits per heavy atom. The molecule has 2 rings (SSSR count). The molecular formula is C16H22FN5. The Morgan fingerprint density at radius 2 is 2.09 bits per heavy atom. The fraction of sp³-hybridized carbons (Fsp3) is 0.438. The summed E-state index contributed by atoms with van der Waals surface area (Å²) in [5.41, 5.74) is 1.68. The van der Waals surface area contributed by atoms with Crippen LogP contribution in [0.3, 0.4) is 0 Å². The summed E-state index contributed by atoms with van der Waals surface area (Å²) < 4.78 is 13.2. The van der Waals surface area contributed by atoms with E-state index >= 15 is 0 Å². The Hall–Kier alpha value is -2.24. The highest BCUT2D eigenvalue weighted by atomic mass is 19.1. The van der Waals surface area contributed by atoms with E-state index in [0.717, 1.165) is 36.5 Å². The monoisotopic (exact) mass is 303 g/mol. The van der Waals surface area contributed by atoms with Crippen molar-refractivity contribution >= 4 is 11.8 Å². The number of aryl methyl sites for hydroxylation is 1. The van der Waals surface area contributed by atoms with Crippen molar-refractivity contribution in [2.45, 2.75) is 39.7 Å². The molecule has 0 radical (unpaired) electrons. The van der Waals surface area contributed by atoms with E-state index < -0.39 is 5.95 Å². The minimum Gasteiger partial charge on any atom is -0.370 e. The largest absolute Gasteiger partial charge is 0.370 e. The van der Waals surface area contributed by atoms with Gasteiger partial charge in [0, 0.05) is 24.5 Å². The third-order valence-corrected chi connectivity index (χ3v) is 3.29. The van der Waals surface area contributed by atoms with Crippen molar-refractivity contribution in [1.82, 2.24) is 15.0 Å². The summed E-state index contributed by atoms with van der Waals surface area (Å²) in [6.45, 7) is 6.90. The predicted molar refractivity (Wildman–Crippen MR) is 86.4 cm³/mol. The van der Waals surface area contributed by atoms with Gasteiger partial charge in [-0.1, -0.05) is 13.3 Å². The van der Waals surface area contributed by atoms with Crippen LogP contribution in [0.4, 0.5) is 16.2 Å². The van der Waals surface area contributed by atoms with Gasteiger partial charge in [-0.15, -0.1) is 0 Å². The van der Waals surface area contributed by atoms with Crippen molar-refractivity contribution in [1.29, 1.82) is 0 Å². The SMILES string of the molecule is CCCCNc1cc(C)nc(NC(C)c2ccnc(F)c2)n1. The molecule has 0 aromatic carbocycles. The smallest absolute Gasteiger partial charge is 0.225 e. The van der Waals surface area contributed by atoms with E-state index in [9.17, 15) is 4.39 Å². The number of hydrogen-bond acceptors (Lipinski definition) is 5. The second-order valence-electron chi connectivity index (χ2n) is 5.28. The molecule has 2 aromatic rings. The molecule has 22 heavy (non-hydrogen) atoms. The molecule has 0 aliphatic heterocycles. The first-order valence-electron chi connectivity index (χ1n) is 7.56. The summed E-state index contributed by atoms with van der Waals surface area (Å²) in [5.74, 6) is 0.846. The standard InChI is InChI=1S/C16H22FN5/c1-4-5-7-19-15-9-11(2)20-16(22-15)21-12(3)13-6-8-18-14(17)10-13/h6,8-10,12H,4-5,7H2,1-3H3,(H2,19,20,21,22). The molecule has 0 fully saturated rings. The van der Waals surface area contributed by atoms with Crippen LogP contribution in [0.25, 0.3) is 0 Å². The molecule has 0 amide bonds. The van der Waals surface area contributed by atoms with Crippen LogP contribution in [0, 0.1) is 12.9 Å². The number of hydrogen-bond donors (Lipinski definition) is 2. The van der Waals surface area contributed by atoms with Gasteiger partial charge in [0.05, 0.1) is 6.04 Å². The van der Waals surface area contributed by atoms with E-state index in [1.807, 2.05) is 19.9 Å². The van der Waals surface area contributed by atoms with Crippen LogP contribution >= 0.6 is 0 Å². The molecule has 0 aliphatic carbocycles. The Kier molecular flexibility index (Phi) is 5.63. The molecule has 2 heterocycles. The molecule has 0 saturated heterocycles. The predicted octanol–water partition coefficient (Wildman–Crippen LogP) is 3.70. The average molecular weight is 303 g/mol. The van der Waals surface area contributed by atoms with E-state index in [-0.39, 0.29) is 6.04 Å². The van der Waals surface area contributed by atoms with Crippen molar-refractivity contribution in [2.75, 3.05) is 17.2 Å². The topological polar surface area (TPSA) is 62.7 Å². The molecule has 0 spiro atoms. The van der Waals surface area contributed by atoms with Crippen LogP contribution in [0.15, 0.2) is 24.4 Å². The van der Waals surface area contributed by atoms with Gasteiger partial charge >= 0.3 is 0 Å². The number of nitrogens with one attached hydrogen (secondary N) is 2. The van der Waals surface area contributed by atoms with Crippen LogP contribution in [0.5, 0.6) is 0 Å². The summed E-state index contributed by atoms with van der Waals surface area (Å²) in [6.07, 6.45) is 3.68. The third-order valence-electron chi connectivity index (χ3n) is 3.29. The lowest BCUT2D eigenvalue weighted by Gasteiger charge is -2.15. The van der Waals surface area contributed by atoms with Gasteiger partial charge in [-0.2, -0.15) is 9.37 Å². The van der Waals surface area contributed by atoms with Gasteiger partial charge in [0.15, 0.2) is 0 Å². The zero-order chi connectivity index (χ0) is 15.9. The van der Waals surface area contributed by atoms with E-state index in [1.54, 1.807) is 6.07 Å². The van der Waals surface area contributed by atoms with E-state index in [4.69, 9.17) is 0 Å². The van der Waals surface area contributed by atoms with Gasteiger partial charge in [-0.05, 0) is 38.0 Å². The first-order valence-corrected chi connectivity index (χ1v) is 7.56. The summed E-state index contributed by atoms with van der Waals surface area (Å²) in [6, 6.07) is 4.99. The summed E-state index contributed by atoms with van der Waals surface area (Å²) in [4.78, 5) is 12.4. The molecule has 118 valence electrons. The second kappa shape index (κ2) is 7.68. The number of aromatic nitrogens is 3. The number of pyridine rings is 1. The molecule has 0 saturated carbocycles. The average Bonchev–Trinajstić information content (AvgIpc) is 2.47. The lowest BCUT2D eigenvalue weighted by molar-refractivity contribution is 0.579. The summed E-state index contributed by atoms with van der Waals surface area (Å²) in [7, 11) is 0. The van der Waals surface area contributed by atoms with Gasteiger partial charge in [0.25, 0.3) is 0 Å². The van der Waals surface area contributed by atoms with Crippen LogP contribution in [-0.2, 0) is 0 Å². The number of unbranched alkanes of at least 4 members (excludes halogenated alkanes) is 1. The molecule has 6 heteroatoms. The highest BCUT2D eigenvalue weighted by Crippen LogP contribution is 2.18. The molecule has 1 unspecified atom stereocenters. The molecule has 5 nitrogen and oxygen atoms in total. The fourth-order valence-corrected chi connectivity index (χ4v) is 2.08. The van der Waals surface area contributed by atoms with Crippen molar-refractivity contribution in [3.63, 3.8) is 0 Å². The van der Waals surface area contributed by atoms with Gasteiger partial charge in [-0.25, -0.2) is 9.97 Å². The normalized spacial score (nSPS) is 12.0. The van der Waals surface area contributed by atoms with Crippen LogP contribution in [0.2, 0.25) is 0 Å². The van der Waals surface area contributed by atoms with Crippen molar-refractivity contribution in [3.8, 4) is 0 Å². The first kappa shape index (κ1) is 16.1. The Bertz CT molecular complexity index is 617. The molecule has 2 aromatic heterocycles. The van der Waals surface area contributed by atoms with Gasteiger partial charge in [0.2, 0.25) is 11.9 Å². The molecule has 0 aliphatic rings. The number of anilines is 2. The minimum absolute atomic E-state index is 0.109. The fourth-order valence-electron chi connectivity index (χ4n) is 2.08.